The van der Waals surface area contributed by atoms with Gasteiger partial charge in [-0.05, 0) is 25.7 Å². The third-order valence-corrected chi connectivity index (χ3v) is 3.49. The zero-order chi connectivity index (χ0) is 8.93. The molecular weight excluding hydrogens is 228 g/mol. The second kappa shape index (κ2) is 12.3. The molecule has 2 rings (SSSR count). The van der Waals surface area contributed by atoms with E-state index in [1.165, 1.54) is 64.2 Å². The molecule has 0 bridgehead atoms. The van der Waals surface area contributed by atoms with E-state index in [0.717, 1.165) is 0 Å². The normalized spacial score (nSPS) is 21.2. The van der Waals surface area contributed by atoms with Crippen LogP contribution in [0, 0.1) is 0 Å². The topological polar surface area (TPSA) is 9.23 Å². The Morgan fingerprint density at radius 2 is 0.824 bits per heavy atom. The molecule has 0 aromatic carbocycles. The summed E-state index contributed by atoms with van der Waals surface area (Å²) in [5, 5.41) is 0. The molecule has 0 spiro atoms. The van der Waals surface area contributed by atoms with Gasteiger partial charge in [-0.25, -0.2) is 0 Å². The van der Waals surface area contributed by atoms with E-state index in [-0.39, 0.29) is 22.5 Å². The predicted molar refractivity (Wildman–Crippen MR) is 68.1 cm³/mol. The van der Waals surface area contributed by atoms with Crippen molar-refractivity contribution in [3.63, 3.8) is 0 Å². The van der Waals surface area contributed by atoms with Crippen LogP contribution in [0.4, 0.5) is 14.1 Å². The first-order valence-corrected chi connectivity index (χ1v) is 6.10. The van der Waals surface area contributed by atoms with Crippen molar-refractivity contribution in [2.45, 2.75) is 76.4 Å². The molecule has 0 unspecified atom stereocenters. The van der Waals surface area contributed by atoms with Crippen LogP contribution in [-0.4, -0.2) is 20.6 Å². The molecular formula is C12H25BF3O. The second-order valence-corrected chi connectivity index (χ2v) is 4.66. The lowest BCUT2D eigenvalue weighted by Crippen LogP contribution is -2.25. The molecule has 0 aliphatic heterocycles. The van der Waals surface area contributed by atoms with Crippen molar-refractivity contribution >= 4 is 8.41 Å². The Hall–Kier alpha value is -0.185. The standard InChI is InChI=1S/C12H22O.B.3FH/c1-3-7-11(8-4-1)13-12-9-5-2-6-10-12;;;;/h11-12H,1-10H2;;3*1H. The number of hydrogen-bond acceptors (Lipinski definition) is 1. The van der Waals surface area contributed by atoms with Gasteiger partial charge in [-0.3, -0.25) is 14.1 Å². The molecule has 0 saturated heterocycles. The molecule has 2 aliphatic rings. The van der Waals surface area contributed by atoms with Crippen LogP contribution < -0.4 is 0 Å². The average molecular weight is 253 g/mol. The molecule has 0 N–H and O–H groups in total. The zero-order valence-corrected chi connectivity index (χ0v) is 10.4. The van der Waals surface area contributed by atoms with Gasteiger partial charge in [0.2, 0.25) is 0 Å². The summed E-state index contributed by atoms with van der Waals surface area (Å²) in [5.41, 5.74) is 0. The third kappa shape index (κ3) is 7.69. The van der Waals surface area contributed by atoms with E-state index < -0.39 is 0 Å². The minimum absolute atomic E-state index is 0. The molecule has 2 aliphatic carbocycles. The van der Waals surface area contributed by atoms with Crippen molar-refractivity contribution in [2.24, 2.45) is 0 Å². The summed E-state index contributed by atoms with van der Waals surface area (Å²) in [5.74, 6) is 0. The highest BCUT2D eigenvalue weighted by Gasteiger charge is 2.20. The van der Waals surface area contributed by atoms with Crippen LogP contribution in [0.1, 0.15) is 64.2 Å². The lowest BCUT2D eigenvalue weighted by atomic mass is 9.95. The van der Waals surface area contributed by atoms with Crippen molar-refractivity contribution in [3.05, 3.63) is 0 Å². The van der Waals surface area contributed by atoms with E-state index in [1.807, 2.05) is 0 Å². The summed E-state index contributed by atoms with van der Waals surface area (Å²) in [7, 11) is 0. The Morgan fingerprint density at radius 1 is 0.529 bits per heavy atom. The van der Waals surface area contributed by atoms with Gasteiger partial charge in [0, 0.05) is 8.41 Å². The van der Waals surface area contributed by atoms with Gasteiger partial charge in [0.15, 0.2) is 0 Å². The molecule has 1 nitrogen and oxygen atoms in total. The zero-order valence-electron chi connectivity index (χ0n) is 10.4. The molecule has 5 heteroatoms. The molecule has 3 radical (unpaired) electrons. The van der Waals surface area contributed by atoms with E-state index >= 15 is 0 Å². The number of hydrogen-bond donors (Lipinski definition) is 0. The fourth-order valence-corrected chi connectivity index (χ4v) is 2.67. The van der Waals surface area contributed by atoms with E-state index in [9.17, 15) is 0 Å². The number of ether oxygens (including phenoxy) is 1. The Labute approximate surface area is 104 Å². The SMILES string of the molecule is C1CCC(OC2CCCCC2)CC1.F.F.F.[B]. The van der Waals surface area contributed by atoms with Gasteiger partial charge >= 0.3 is 0 Å². The quantitative estimate of drug-likeness (QED) is 0.681. The van der Waals surface area contributed by atoms with Crippen molar-refractivity contribution in [1.29, 1.82) is 0 Å². The first-order chi connectivity index (χ1) is 6.45. The van der Waals surface area contributed by atoms with Crippen LogP contribution in [0.3, 0.4) is 0 Å². The minimum atomic E-state index is 0. The smallest absolute Gasteiger partial charge is 0.0578 e. The van der Waals surface area contributed by atoms with Gasteiger partial charge < -0.3 is 4.74 Å². The van der Waals surface area contributed by atoms with Crippen molar-refractivity contribution < 1.29 is 18.9 Å². The molecule has 17 heavy (non-hydrogen) atoms. The highest BCUT2D eigenvalue weighted by molar-refractivity contribution is 5.75. The fraction of sp³-hybridized carbons (Fsp3) is 1.00. The third-order valence-electron chi connectivity index (χ3n) is 3.49. The van der Waals surface area contributed by atoms with E-state index in [0.29, 0.717) is 12.2 Å². The summed E-state index contributed by atoms with van der Waals surface area (Å²) < 4.78 is 6.13. The van der Waals surface area contributed by atoms with Crippen LogP contribution in [0.25, 0.3) is 0 Å². The maximum absolute atomic E-state index is 6.13. The van der Waals surface area contributed by atoms with E-state index in [1.54, 1.807) is 0 Å². The highest BCUT2D eigenvalue weighted by Crippen LogP contribution is 2.26. The van der Waals surface area contributed by atoms with Gasteiger partial charge in [0.05, 0.1) is 12.2 Å². The molecule has 0 heterocycles. The van der Waals surface area contributed by atoms with Crippen molar-refractivity contribution in [2.75, 3.05) is 0 Å². The van der Waals surface area contributed by atoms with Gasteiger partial charge in [-0.2, -0.15) is 0 Å². The molecule has 0 atom stereocenters. The Bertz CT molecular complexity index is 133. The Balaban J connectivity index is -0.000000490. The van der Waals surface area contributed by atoms with Gasteiger partial charge in [0.25, 0.3) is 0 Å². The maximum atomic E-state index is 6.13. The van der Waals surface area contributed by atoms with Gasteiger partial charge in [-0.1, -0.05) is 38.5 Å². The van der Waals surface area contributed by atoms with Crippen molar-refractivity contribution in [1.82, 2.24) is 0 Å². The highest BCUT2D eigenvalue weighted by atomic mass is 19.0. The summed E-state index contributed by atoms with van der Waals surface area (Å²) in [6, 6.07) is 0. The van der Waals surface area contributed by atoms with Gasteiger partial charge in [-0.15, -0.1) is 0 Å². The van der Waals surface area contributed by atoms with Crippen LogP contribution in [0.2, 0.25) is 0 Å². The molecule has 0 aromatic heterocycles. The molecule has 103 valence electrons. The number of halogens is 3. The maximum Gasteiger partial charge on any atom is 0.0578 e. The summed E-state index contributed by atoms with van der Waals surface area (Å²) in [6.07, 6.45) is 15.0. The summed E-state index contributed by atoms with van der Waals surface area (Å²) >= 11 is 0. The predicted octanol–water partition coefficient (Wildman–Crippen LogP) is 3.75. The monoisotopic (exact) mass is 253 g/mol. The number of rotatable bonds is 2. The van der Waals surface area contributed by atoms with Crippen LogP contribution in [-0.2, 0) is 4.74 Å². The first kappa shape index (κ1) is 22.0. The van der Waals surface area contributed by atoms with E-state index in [2.05, 4.69) is 0 Å². The van der Waals surface area contributed by atoms with Crippen LogP contribution in [0.15, 0.2) is 0 Å². The van der Waals surface area contributed by atoms with Crippen LogP contribution >= 0.6 is 0 Å². The minimum Gasteiger partial charge on any atom is -0.375 e. The Kier molecular flexibility index (Phi) is 15.9. The Morgan fingerprint density at radius 3 is 1.12 bits per heavy atom. The van der Waals surface area contributed by atoms with Crippen LogP contribution in [0.5, 0.6) is 0 Å². The first-order valence-electron chi connectivity index (χ1n) is 6.10. The second-order valence-electron chi connectivity index (χ2n) is 4.66. The lowest BCUT2D eigenvalue weighted by molar-refractivity contribution is -0.0450. The fourth-order valence-electron chi connectivity index (χ4n) is 2.67. The summed E-state index contributed by atoms with van der Waals surface area (Å²) in [4.78, 5) is 0. The van der Waals surface area contributed by atoms with E-state index in [4.69, 9.17) is 4.74 Å². The summed E-state index contributed by atoms with van der Waals surface area (Å²) in [6.45, 7) is 0. The molecule has 0 amide bonds. The largest absolute Gasteiger partial charge is 0.375 e. The van der Waals surface area contributed by atoms with Crippen molar-refractivity contribution in [3.8, 4) is 0 Å². The molecule has 2 fully saturated rings. The lowest BCUT2D eigenvalue weighted by Gasteiger charge is -2.29. The molecule has 0 aromatic rings. The van der Waals surface area contributed by atoms with Gasteiger partial charge in [0.1, 0.15) is 0 Å². The molecule has 2 saturated carbocycles. The average Bonchev–Trinajstić information content (AvgIpc) is 2.21.